The maximum Gasteiger partial charge on any atom is 0.245 e. The summed E-state index contributed by atoms with van der Waals surface area (Å²) in [6.07, 6.45) is 5.84. The van der Waals surface area contributed by atoms with Crippen LogP contribution in [0, 0.1) is 0 Å². The Morgan fingerprint density at radius 2 is 2.19 bits per heavy atom. The Bertz CT molecular complexity index is 724. The molecule has 0 aliphatic heterocycles. The van der Waals surface area contributed by atoms with Crippen LogP contribution < -0.4 is 4.74 Å². The number of fused-ring (bicyclic) bond motifs is 1. The molecule has 0 aromatic carbocycles. The number of alkyl halides is 1. The first-order chi connectivity index (χ1) is 10.3. The minimum absolute atomic E-state index is 0.480. The third kappa shape index (κ3) is 2.69. The first kappa shape index (κ1) is 13.8. The van der Waals surface area contributed by atoms with Gasteiger partial charge in [0.2, 0.25) is 5.88 Å². The van der Waals surface area contributed by atoms with Crippen LogP contribution >= 0.6 is 11.6 Å². The van der Waals surface area contributed by atoms with E-state index in [2.05, 4.69) is 20.1 Å². The van der Waals surface area contributed by atoms with Gasteiger partial charge >= 0.3 is 0 Å². The molecule has 0 radical (unpaired) electrons. The fourth-order valence-electron chi connectivity index (χ4n) is 2.26. The number of hydrogen-bond donors (Lipinski definition) is 0. The predicted octanol–water partition coefficient (Wildman–Crippen LogP) is 1.51. The van der Waals surface area contributed by atoms with Crippen molar-refractivity contribution in [2.24, 2.45) is 0 Å². The highest BCUT2D eigenvalue weighted by Crippen LogP contribution is 2.22. The molecule has 0 aliphatic carbocycles. The van der Waals surface area contributed by atoms with Crippen LogP contribution in [0.5, 0.6) is 5.88 Å². The summed E-state index contributed by atoms with van der Waals surface area (Å²) in [4.78, 5) is 13.0. The van der Waals surface area contributed by atoms with E-state index in [1.54, 1.807) is 13.3 Å². The molecular weight excluding hydrogens is 292 g/mol. The lowest BCUT2D eigenvalue weighted by Crippen LogP contribution is -2.11. The Morgan fingerprint density at radius 3 is 2.90 bits per heavy atom. The number of halogens is 1. The van der Waals surface area contributed by atoms with Crippen LogP contribution in [0.1, 0.15) is 5.82 Å². The summed E-state index contributed by atoms with van der Waals surface area (Å²) in [6.45, 7) is 1.45. The first-order valence-corrected chi connectivity index (χ1v) is 7.14. The van der Waals surface area contributed by atoms with Crippen molar-refractivity contribution in [1.82, 2.24) is 29.3 Å². The molecule has 3 heterocycles. The van der Waals surface area contributed by atoms with E-state index in [1.807, 2.05) is 21.5 Å². The highest BCUT2D eigenvalue weighted by atomic mass is 35.5. The summed E-state index contributed by atoms with van der Waals surface area (Å²) < 4.78 is 9.16. The van der Waals surface area contributed by atoms with E-state index in [0.717, 1.165) is 18.0 Å². The van der Waals surface area contributed by atoms with E-state index in [0.29, 0.717) is 30.2 Å². The summed E-state index contributed by atoms with van der Waals surface area (Å²) in [6, 6.07) is 1.90. The van der Waals surface area contributed by atoms with Crippen LogP contribution in [0.4, 0.5) is 0 Å². The molecule has 0 unspecified atom stereocenters. The Morgan fingerprint density at radius 1 is 1.29 bits per heavy atom. The van der Waals surface area contributed by atoms with Crippen LogP contribution in [0.25, 0.3) is 11.2 Å². The third-order valence-electron chi connectivity index (χ3n) is 3.20. The summed E-state index contributed by atoms with van der Waals surface area (Å²) in [7, 11) is 1.58. The van der Waals surface area contributed by atoms with E-state index in [1.165, 1.54) is 6.33 Å². The second-order valence-electron chi connectivity index (χ2n) is 4.44. The molecule has 0 saturated heterocycles. The maximum atomic E-state index is 5.87. The largest absolute Gasteiger partial charge is 0.479 e. The fraction of sp³-hybridized carbons (Fsp3) is 0.385. The summed E-state index contributed by atoms with van der Waals surface area (Å²) in [5.74, 6) is 1.86. The van der Waals surface area contributed by atoms with Gasteiger partial charge in [-0.05, 0) is 6.07 Å². The molecule has 0 bridgehead atoms. The quantitative estimate of drug-likeness (QED) is 0.646. The fourth-order valence-corrected chi connectivity index (χ4v) is 2.42. The number of rotatable bonds is 6. The zero-order valence-electron chi connectivity index (χ0n) is 11.6. The van der Waals surface area contributed by atoms with Gasteiger partial charge in [0.15, 0.2) is 11.2 Å². The Labute approximate surface area is 126 Å². The normalized spacial score (nSPS) is 11.1. The van der Waals surface area contributed by atoms with Crippen molar-refractivity contribution in [3.8, 4) is 5.88 Å². The van der Waals surface area contributed by atoms with Crippen molar-refractivity contribution in [2.45, 2.75) is 19.5 Å². The standard InChI is InChI=1S/C13H15ClN6O/c1-21-13-11-12(15-9-16-13)20(10(18-11)3-4-14)8-7-19-6-2-5-17-19/h2,5-6,9H,3-4,7-8H2,1H3. The highest BCUT2D eigenvalue weighted by Gasteiger charge is 2.15. The molecule has 0 fully saturated rings. The molecule has 0 spiro atoms. The smallest absolute Gasteiger partial charge is 0.245 e. The molecule has 0 N–H and O–H groups in total. The van der Waals surface area contributed by atoms with E-state index in [9.17, 15) is 0 Å². The Hall–Kier alpha value is -2.15. The van der Waals surface area contributed by atoms with E-state index in [4.69, 9.17) is 16.3 Å². The Kier molecular flexibility index (Phi) is 4.01. The highest BCUT2D eigenvalue weighted by molar-refractivity contribution is 6.17. The van der Waals surface area contributed by atoms with Gasteiger partial charge in [-0.25, -0.2) is 9.97 Å². The molecule has 0 amide bonds. The van der Waals surface area contributed by atoms with Crippen molar-refractivity contribution in [3.63, 3.8) is 0 Å². The van der Waals surface area contributed by atoms with E-state index in [-0.39, 0.29) is 0 Å². The van der Waals surface area contributed by atoms with Gasteiger partial charge in [-0.1, -0.05) is 0 Å². The van der Waals surface area contributed by atoms with Crippen molar-refractivity contribution in [2.75, 3.05) is 13.0 Å². The van der Waals surface area contributed by atoms with Gasteiger partial charge in [-0.15, -0.1) is 11.6 Å². The van der Waals surface area contributed by atoms with E-state index < -0.39 is 0 Å². The summed E-state index contributed by atoms with van der Waals surface area (Å²) in [5, 5.41) is 4.20. The number of aromatic nitrogens is 6. The number of imidazole rings is 1. The van der Waals surface area contributed by atoms with Crippen LogP contribution in [-0.2, 0) is 19.5 Å². The number of methoxy groups -OCH3 is 1. The Balaban J connectivity index is 1.99. The molecule has 3 rings (SSSR count). The number of nitrogens with zero attached hydrogens (tertiary/aromatic N) is 6. The molecule has 3 aromatic heterocycles. The zero-order valence-corrected chi connectivity index (χ0v) is 12.4. The topological polar surface area (TPSA) is 70.7 Å². The van der Waals surface area contributed by atoms with Crippen LogP contribution in [-0.4, -0.2) is 42.3 Å². The summed E-state index contributed by atoms with van der Waals surface area (Å²) >= 11 is 5.87. The minimum atomic E-state index is 0.480. The lowest BCUT2D eigenvalue weighted by Gasteiger charge is -2.08. The van der Waals surface area contributed by atoms with Crippen molar-refractivity contribution in [1.29, 1.82) is 0 Å². The van der Waals surface area contributed by atoms with Gasteiger partial charge in [0.05, 0.1) is 13.7 Å². The van der Waals surface area contributed by atoms with Gasteiger partial charge in [0.25, 0.3) is 0 Å². The lowest BCUT2D eigenvalue weighted by molar-refractivity contribution is 0.401. The molecular formula is C13H15ClN6O. The average Bonchev–Trinajstić information content (AvgIpc) is 3.12. The lowest BCUT2D eigenvalue weighted by atomic mass is 10.4. The molecule has 110 valence electrons. The first-order valence-electron chi connectivity index (χ1n) is 6.61. The van der Waals surface area contributed by atoms with Gasteiger partial charge in [0, 0.05) is 31.2 Å². The molecule has 8 heteroatoms. The molecule has 21 heavy (non-hydrogen) atoms. The SMILES string of the molecule is COc1ncnc2c1nc(CCCl)n2CCn1cccn1. The van der Waals surface area contributed by atoms with Gasteiger partial charge in [0.1, 0.15) is 12.2 Å². The molecule has 7 nitrogen and oxygen atoms in total. The second kappa shape index (κ2) is 6.09. The summed E-state index contributed by atoms with van der Waals surface area (Å²) in [5.41, 5.74) is 1.43. The predicted molar refractivity (Wildman–Crippen MR) is 78.5 cm³/mol. The van der Waals surface area contributed by atoms with E-state index >= 15 is 0 Å². The van der Waals surface area contributed by atoms with Crippen LogP contribution in [0.3, 0.4) is 0 Å². The maximum absolute atomic E-state index is 5.87. The zero-order chi connectivity index (χ0) is 14.7. The molecule has 0 atom stereocenters. The van der Waals surface area contributed by atoms with Gasteiger partial charge in [-0.2, -0.15) is 10.1 Å². The van der Waals surface area contributed by atoms with Gasteiger partial charge in [-0.3, -0.25) is 4.68 Å². The average molecular weight is 307 g/mol. The van der Waals surface area contributed by atoms with Crippen molar-refractivity contribution >= 4 is 22.8 Å². The van der Waals surface area contributed by atoms with Crippen molar-refractivity contribution in [3.05, 3.63) is 30.6 Å². The number of aryl methyl sites for hydroxylation is 3. The third-order valence-corrected chi connectivity index (χ3v) is 3.39. The number of hydrogen-bond acceptors (Lipinski definition) is 5. The molecule has 0 aliphatic rings. The minimum Gasteiger partial charge on any atom is -0.479 e. The van der Waals surface area contributed by atoms with Crippen LogP contribution in [0.15, 0.2) is 24.8 Å². The second-order valence-corrected chi connectivity index (χ2v) is 4.82. The van der Waals surface area contributed by atoms with Crippen LogP contribution in [0.2, 0.25) is 0 Å². The molecule has 3 aromatic rings. The monoisotopic (exact) mass is 306 g/mol. The number of ether oxygens (including phenoxy) is 1. The molecule has 0 saturated carbocycles. The van der Waals surface area contributed by atoms with Crippen molar-refractivity contribution < 1.29 is 4.74 Å². The van der Waals surface area contributed by atoms with Gasteiger partial charge < -0.3 is 9.30 Å².